The van der Waals surface area contributed by atoms with Crippen molar-refractivity contribution in [1.29, 1.82) is 0 Å². The second kappa shape index (κ2) is 42.6. The van der Waals surface area contributed by atoms with E-state index >= 15 is 0 Å². The summed E-state index contributed by atoms with van der Waals surface area (Å²) in [6.45, 7) is 16.9. The van der Waals surface area contributed by atoms with Crippen molar-refractivity contribution in [2.45, 2.75) is 117 Å². The summed E-state index contributed by atoms with van der Waals surface area (Å²) in [6, 6.07) is 51.0. The molecule has 34 nitrogen and oxygen atoms in total. The van der Waals surface area contributed by atoms with Crippen molar-refractivity contribution in [3.63, 3.8) is 0 Å². The van der Waals surface area contributed by atoms with E-state index in [1.54, 1.807) is 0 Å². The van der Waals surface area contributed by atoms with Gasteiger partial charge < -0.3 is 75.0 Å². The minimum Gasteiger partial charge on any atom is -1.00 e. The van der Waals surface area contributed by atoms with E-state index in [1.807, 2.05) is 121 Å². The van der Waals surface area contributed by atoms with Crippen LogP contribution in [0.5, 0.6) is 0 Å². The Labute approximate surface area is 789 Å². The number of aromatic nitrogens is 19. The molecule has 1 fully saturated rings. The van der Waals surface area contributed by atoms with Crippen LogP contribution in [0.4, 0.5) is 58.9 Å². The van der Waals surface area contributed by atoms with Crippen molar-refractivity contribution in [3.8, 4) is 22.5 Å². The molecule has 1 saturated heterocycles. The van der Waals surface area contributed by atoms with Gasteiger partial charge in [-0.2, -0.15) is 48.5 Å². The number of oxazole rings is 3. The van der Waals surface area contributed by atoms with Crippen LogP contribution in [0.15, 0.2) is 190 Å². The quantitative estimate of drug-likeness (QED) is 0.0209. The van der Waals surface area contributed by atoms with E-state index in [0.29, 0.717) is 122 Å². The number of fused-ring (bicyclic) bond motifs is 7. The number of aryl methyl sites for hydroxylation is 3. The van der Waals surface area contributed by atoms with E-state index in [0.717, 1.165) is 81.7 Å². The third kappa shape index (κ3) is 23.0. The molecule has 1 aliphatic rings. The number of alkyl halides is 5. The van der Waals surface area contributed by atoms with Gasteiger partial charge in [0.05, 0.1) is 60.9 Å². The molecule has 19 rings (SSSR count). The third-order valence-electron chi connectivity index (χ3n) is 20.2. The number of nitrogens with zero attached hydrogens (tertiary/aromatic N) is 18. The fraction of sp³-hybridized carbons (Fsp3) is 0.224. The first-order chi connectivity index (χ1) is 61.2. The molecule has 0 atom stereocenters. The molecule has 0 aliphatic carbocycles. The van der Waals surface area contributed by atoms with Crippen LogP contribution >= 0.6 is 61.1 Å². The number of nitrogen functional groups attached to an aromatic ring is 7. The maximum absolute atomic E-state index is 10.6. The fourth-order valence-corrected chi connectivity index (χ4v) is 14.6. The standard InChI is InChI=1S/C21H19N7O.C20H18N8O.C14H14IN5.C13H17BN2O3.C9H11Br.C5H4IN5.C2HF3O2.CH3F.Na.H/c1-2-12-3-5-13(6-4-12)10-28-20-17(19(22)24-11-25-20)18(27-28)14-7-8-16-15(9-14)26-21(23)29-16;21-8-11-1-3-12(4-2-11)9-28-19-16(18(22)24-10-25-19)17(27-28)13-5-6-15-14(7-13)26-20(23)29-15;1-2-9-3-5-10(6-4-9)7-20-14-11(12(15)19-20)13(16)17-8-18-14;1-12(2)13(3,4)19-14(18-12)8-5-6-10-9(7-8)16-11(15)17-10;1-2-8-3-5-9(7-10)6-4-8;6-3-2-4(7)8-1-9-5(2)11-10-3;3-2(4,5)1(6)7;1-2;;/h3-9,11H,2,10H2,1H3,(H2,23,26)(H2,22,24,25);1-7,10H,8-9,21H2,(H2,23,26)(H2,22,24,25);3-6,8H,2,7H2,1H3,(H2,16,17,18);5-7H,1-4H3,(H2,15,16);3-6H,2,7H2,1H3;1H,(H3,7,8,9,10,11);(H,6,7);1H3;;/q;;;;;;;;+1;-1/i;;;;;;;1D;;. The summed E-state index contributed by atoms with van der Waals surface area (Å²) < 4.78 is 82.4. The number of anilines is 7. The van der Waals surface area contributed by atoms with Gasteiger partial charge in [0.25, 0.3) is 18.0 Å². The molecule has 658 valence electrons. The van der Waals surface area contributed by atoms with Crippen molar-refractivity contribution < 1.29 is 82.4 Å². The number of hydrogen-bond acceptors (Lipinski definition) is 29. The maximum atomic E-state index is 10.6. The first kappa shape index (κ1) is 94.9. The van der Waals surface area contributed by atoms with Gasteiger partial charge in [0, 0.05) is 23.0 Å². The third-order valence-corrected chi connectivity index (χ3v) is 22.4. The zero-order valence-corrected chi connectivity index (χ0v) is 78.3. The summed E-state index contributed by atoms with van der Waals surface area (Å²) in [4.78, 5) is 54.7. The second-order valence-electron chi connectivity index (χ2n) is 29.1. The van der Waals surface area contributed by atoms with Crippen molar-refractivity contribution in [2.24, 2.45) is 5.73 Å². The molecule has 7 aromatic carbocycles. The Balaban J connectivity index is 0.000000163. The van der Waals surface area contributed by atoms with Gasteiger partial charge in [0.2, 0.25) is 0 Å². The Kier molecular flexibility index (Phi) is 31.6. The molecule has 11 aromatic heterocycles. The summed E-state index contributed by atoms with van der Waals surface area (Å²) in [5.41, 5.74) is 66.2. The van der Waals surface area contributed by atoms with Crippen LogP contribution in [0, 0.1) is 7.40 Å². The van der Waals surface area contributed by atoms with Crippen LogP contribution < -0.4 is 80.9 Å². The number of nitrogens with one attached hydrogen (secondary N) is 1. The topological polar surface area (TPSA) is 527 Å². The Morgan fingerprint density at radius 1 is 0.508 bits per heavy atom. The monoisotopic (exact) mass is 2040 g/mol. The predicted molar refractivity (Wildman–Crippen MR) is 503 cm³/mol. The molecule has 0 unspecified atom stereocenters. The number of benzene rings is 7. The molecule has 0 spiro atoms. The van der Waals surface area contributed by atoms with Crippen LogP contribution in [0.25, 0.3) is 99.9 Å². The van der Waals surface area contributed by atoms with E-state index in [4.69, 9.17) is 89.9 Å². The van der Waals surface area contributed by atoms with E-state index in [1.165, 1.54) is 53.1 Å². The van der Waals surface area contributed by atoms with Crippen LogP contribution in [-0.4, -0.2) is 137 Å². The van der Waals surface area contributed by atoms with Gasteiger partial charge in [-0.05, 0) is 191 Å². The smallest absolute Gasteiger partial charge is 1.00 e. The average molecular weight is 2040 g/mol. The molecule has 128 heavy (non-hydrogen) atoms. The van der Waals surface area contributed by atoms with Gasteiger partial charge in [0.15, 0.2) is 39.3 Å². The first-order valence-corrected chi connectivity index (χ1v) is 42.2. The molecule has 0 radical (unpaired) electrons. The fourth-order valence-electron chi connectivity index (χ4n) is 12.8. The molecule has 0 amide bonds. The molecule has 18 N–H and O–H groups in total. The van der Waals surface area contributed by atoms with Crippen LogP contribution in [0.2, 0.25) is 0 Å². The molecular formula is C85H88BBrF4I2N27NaO7. The predicted octanol–water partition coefficient (Wildman–Crippen LogP) is 12.1. The van der Waals surface area contributed by atoms with Crippen molar-refractivity contribution >= 4 is 198 Å². The molecule has 1 aliphatic heterocycles. The van der Waals surface area contributed by atoms with E-state index < -0.39 is 26.4 Å². The van der Waals surface area contributed by atoms with Gasteiger partial charge in [0.1, 0.15) is 83.9 Å². The van der Waals surface area contributed by atoms with E-state index in [-0.39, 0.29) is 60.2 Å². The largest absolute Gasteiger partial charge is 1.00 e. The van der Waals surface area contributed by atoms with Crippen LogP contribution in [0.1, 0.15) is 95.8 Å². The minimum atomic E-state index is -5.08. The number of carboxylic acid groups (broad SMARTS) is 1. The van der Waals surface area contributed by atoms with Gasteiger partial charge >= 0.3 is 48.8 Å². The molecule has 18 aromatic rings. The molecule has 0 saturated carbocycles. The Morgan fingerprint density at radius 3 is 1.22 bits per heavy atom. The number of aromatic amines is 1. The Morgan fingerprint density at radius 2 is 0.844 bits per heavy atom. The van der Waals surface area contributed by atoms with Crippen LogP contribution in [-0.2, 0) is 64.9 Å². The summed E-state index contributed by atoms with van der Waals surface area (Å²) in [5.74, 6) is -1.06. The van der Waals surface area contributed by atoms with Crippen molar-refractivity contribution in [2.75, 3.05) is 47.3 Å². The van der Waals surface area contributed by atoms with Crippen molar-refractivity contribution in [1.82, 2.24) is 94.4 Å². The van der Waals surface area contributed by atoms with Gasteiger partial charge in [-0.15, -0.1) is 0 Å². The minimum absolute atomic E-state index is 0. The number of aliphatic carboxylic acids is 1. The summed E-state index contributed by atoms with van der Waals surface area (Å²) >= 11 is 7.67. The molecule has 12 heterocycles. The van der Waals surface area contributed by atoms with Gasteiger partial charge in [-0.25, -0.2) is 58.7 Å². The van der Waals surface area contributed by atoms with Gasteiger partial charge in [-0.1, -0.05) is 140 Å². The number of carbonyl (C=O) groups is 1. The summed E-state index contributed by atoms with van der Waals surface area (Å²) in [5, 5.41) is 31.9. The number of H-pyrrole nitrogens is 1. The maximum Gasteiger partial charge on any atom is 1.00 e. The number of carboxylic acids is 1. The zero-order valence-electron chi connectivity index (χ0n) is 72.4. The number of rotatable bonds is 14. The number of hydrogen-bond donors (Lipinski definition) is 10. The summed E-state index contributed by atoms with van der Waals surface area (Å²) in [7, 11) is -1.40. The molecule has 0 bridgehead atoms. The first-order valence-electron chi connectivity index (χ1n) is 39.7. The zero-order chi connectivity index (χ0) is 91.9. The average Bonchev–Trinajstić information content (AvgIpc) is 1.61. The summed E-state index contributed by atoms with van der Waals surface area (Å²) in [6.07, 6.45) is 3.88. The number of nitrogens with two attached hydrogens (primary N) is 8. The molecular weight excluding hydrogens is 1950 g/mol. The van der Waals surface area contributed by atoms with E-state index in [2.05, 4.69) is 225 Å². The van der Waals surface area contributed by atoms with Crippen molar-refractivity contribution in [3.05, 3.63) is 229 Å². The van der Waals surface area contributed by atoms with Crippen LogP contribution in [0.3, 0.4) is 0 Å². The number of halogens is 7. The van der Waals surface area contributed by atoms with Gasteiger partial charge in [-0.3, -0.25) is 9.49 Å². The molecule has 43 heteroatoms. The SMILES string of the molecule is CC1(C)OB(c2ccc3oc(N)nc3c2)OC1(C)C.CCc1ccc(CBr)cc1.CCc1ccc(Cn2nc(-c3ccc4oc(N)nc4c3)c3c(N)ncnc32)cc1.CCc1ccc(Cn2nc(I)c3c(N)ncnc32)cc1.NCc1ccc(Cn2nc(-c3ccc4oc(N)nc4c3)c3c(N)ncnc32)cc1.Nc1ncnc2n[nH]c(I)c12.O=C(O)C(F)(F)F.[2H]CF.[H-].[Na+]. The van der Waals surface area contributed by atoms with E-state index in [9.17, 15) is 17.6 Å². The second-order valence-corrected chi connectivity index (χ2v) is 31.8. The Hall–Kier alpha value is -12.2. The normalized spacial score (nSPS) is 12.5. The Bertz CT molecular complexity index is 6630.